The molecule has 0 aliphatic heterocycles. The number of hydrogen-bond donors (Lipinski definition) is 0. The Kier molecular flexibility index (Phi) is 3.98. The van der Waals surface area contributed by atoms with Crippen molar-refractivity contribution in [1.29, 1.82) is 5.26 Å². The van der Waals surface area contributed by atoms with Crippen LogP contribution in [-0.2, 0) is 0 Å². The molecule has 0 aromatic heterocycles. The smallest absolute Gasteiger partial charge is 0.0621 e. The first kappa shape index (κ1) is 10.3. The molecular formula is C11H12BrN. The van der Waals surface area contributed by atoms with Crippen molar-refractivity contribution in [1.82, 2.24) is 0 Å². The van der Waals surface area contributed by atoms with Crippen LogP contribution in [0.15, 0.2) is 28.7 Å². The summed E-state index contributed by atoms with van der Waals surface area (Å²) in [6.45, 7) is 2.15. The maximum Gasteiger partial charge on any atom is 0.0621 e. The molecule has 0 spiro atoms. The van der Waals surface area contributed by atoms with Gasteiger partial charge in [-0.25, -0.2) is 0 Å². The summed E-state index contributed by atoms with van der Waals surface area (Å²) < 4.78 is 1.11. The van der Waals surface area contributed by atoms with E-state index in [4.69, 9.17) is 5.26 Å². The van der Waals surface area contributed by atoms with Gasteiger partial charge in [0.25, 0.3) is 0 Å². The van der Waals surface area contributed by atoms with Gasteiger partial charge < -0.3 is 0 Å². The topological polar surface area (TPSA) is 23.8 Å². The number of hydrogen-bond acceptors (Lipinski definition) is 1. The minimum Gasteiger partial charge on any atom is -0.198 e. The third-order valence-corrected chi connectivity index (χ3v) is 2.60. The number of halogens is 1. The summed E-state index contributed by atoms with van der Waals surface area (Å²) in [5.41, 5.74) is 1.30. The number of benzene rings is 1. The second kappa shape index (κ2) is 5.04. The van der Waals surface area contributed by atoms with Gasteiger partial charge in [-0.05, 0) is 30.0 Å². The Morgan fingerprint density at radius 1 is 1.54 bits per heavy atom. The van der Waals surface area contributed by atoms with E-state index in [1.165, 1.54) is 5.56 Å². The largest absolute Gasteiger partial charge is 0.198 e. The van der Waals surface area contributed by atoms with Crippen LogP contribution >= 0.6 is 15.9 Å². The van der Waals surface area contributed by atoms with E-state index in [9.17, 15) is 0 Å². The van der Waals surface area contributed by atoms with Gasteiger partial charge in [-0.2, -0.15) is 5.26 Å². The van der Waals surface area contributed by atoms with Crippen molar-refractivity contribution >= 4 is 15.9 Å². The molecule has 1 aromatic rings. The van der Waals surface area contributed by atoms with Crippen molar-refractivity contribution in [2.75, 3.05) is 0 Å². The minimum atomic E-state index is 0.470. The van der Waals surface area contributed by atoms with Crippen molar-refractivity contribution in [2.24, 2.45) is 0 Å². The number of nitriles is 1. The van der Waals surface area contributed by atoms with E-state index in [1.807, 2.05) is 12.1 Å². The highest BCUT2D eigenvalue weighted by molar-refractivity contribution is 9.10. The van der Waals surface area contributed by atoms with Gasteiger partial charge in [-0.3, -0.25) is 0 Å². The first-order chi connectivity index (χ1) is 6.24. The summed E-state index contributed by atoms with van der Waals surface area (Å²) in [5, 5.41) is 8.46. The van der Waals surface area contributed by atoms with E-state index in [-0.39, 0.29) is 0 Å². The Morgan fingerprint density at radius 2 is 2.31 bits per heavy atom. The van der Waals surface area contributed by atoms with Crippen LogP contribution < -0.4 is 0 Å². The van der Waals surface area contributed by atoms with Gasteiger partial charge in [0.1, 0.15) is 0 Å². The van der Waals surface area contributed by atoms with Crippen LogP contribution in [0.2, 0.25) is 0 Å². The average molecular weight is 238 g/mol. The lowest BCUT2D eigenvalue weighted by molar-refractivity contribution is 0.695. The van der Waals surface area contributed by atoms with Crippen LogP contribution in [0.1, 0.15) is 31.2 Å². The molecule has 0 heterocycles. The lowest BCUT2D eigenvalue weighted by Crippen LogP contribution is -1.92. The fourth-order valence-corrected chi connectivity index (χ4v) is 1.68. The highest BCUT2D eigenvalue weighted by Crippen LogP contribution is 2.23. The fourth-order valence-electron chi connectivity index (χ4n) is 1.26. The molecule has 0 saturated heterocycles. The SMILES string of the molecule is CC(CCC#N)c1cccc(Br)c1. The molecule has 0 amide bonds. The third kappa shape index (κ3) is 3.20. The molecule has 0 bridgehead atoms. The Hall–Kier alpha value is -0.810. The molecule has 0 aliphatic carbocycles. The zero-order valence-electron chi connectivity index (χ0n) is 7.63. The molecule has 1 atom stereocenters. The second-order valence-electron chi connectivity index (χ2n) is 3.15. The number of nitrogens with zero attached hydrogens (tertiary/aromatic N) is 1. The van der Waals surface area contributed by atoms with E-state index in [0.29, 0.717) is 12.3 Å². The van der Waals surface area contributed by atoms with Crippen LogP contribution in [0.5, 0.6) is 0 Å². The van der Waals surface area contributed by atoms with E-state index < -0.39 is 0 Å². The zero-order chi connectivity index (χ0) is 9.68. The molecule has 1 rings (SSSR count). The molecule has 1 nitrogen and oxygen atoms in total. The zero-order valence-corrected chi connectivity index (χ0v) is 9.21. The Balaban J connectivity index is 2.66. The summed E-state index contributed by atoms with van der Waals surface area (Å²) >= 11 is 3.43. The summed E-state index contributed by atoms with van der Waals surface area (Å²) in [6, 6.07) is 10.4. The van der Waals surface area contributed by atoms with E-state index in [2.05, 4.69) is 41.1 Å². The Bertz CT molecular complexity index is 314. The van der Waals surface area contributed by atoms with Gasteiger partial charge >= 0.3 is 0 Å². The average Bonchev–Trinajstić information content (AvgIpc) is 2.14. The van der Waals surface area contributed by atoms with Crippen LogP contribution in [0.25, 0.3) is 0 Å². The van der Waals surface area contributed by atoms with E-state index in [0.717, 1.165) is 10.9 Å². The second-order valence-corrected chi connectivity index (χ2v) is 4.07. The van der Waals surface area contributed by atoms with E-state index >= 15 is 0 Å². The van der Waals surface area contributed by atoms with Crippen molar-refractivity contribution in [3.63, 3.8) is 0 Å². The van der Waals surface area contributed by atoms with Crippen molar-refractivity contribution < 1.29 is 0 Å². The molecule has 0 saturated carbocycles. The van der Waals surface area contributed by atoms with Crippen LogP contribution in [-0.4, -0.2) is 0 Å². The third-order valence-electron chi connectivity index (χ3n) is 2.11. The van der Waals surface area contributed by atoms with Gasteiger partial charge in [0.15, 0.2) is 0 Å². The summed E-state index contributed by atoms with van der Waals surface area (Å²) in [7, 11) is 0. The molecule has 0 aliphatic rings. The van der Waals surface area contributed by atoms with Crippen LogP contribution in [0.3, 0.4) is 0 Å². The standard InChI is InChI=1S/C11H12BrN/c1-9(4-3-7-13)10-5-2-6-11(12)8-10/h2,5-6,8-9H,3-4H2,1H3. The molecule has 2 heteroatoms. The van der Waals surface area contributed by atoms with Gasteiger partial charge in [0.2, 0.25) is 0 Å². The Morgan fingerprint density at radius 3 is 2.92 bits per heavy atom. The first-order valence-electron chi connectivity index (χ1n) is 4.36. The molecule has 13 heavy (non-hydrogen) atoms. The molecule has 1 unspecified atom stereocenters. The highest BCUT2D eigenvalue weighted by atomic mass is 79.9. The maximum absolute atomic E-state index is 8.46. The monoisotopic (exact) mass is 237 g/mol. The first-order valence-corrected chi connectivity index (χ1v) is 5.15. The summed E-state index contributed by atoms with van der Waals surface area (Å²) in [6.07, 6.45) is 1.57. The summed E-state index contributed by atoms with van der Waals surface area (Å²) in [5.74, 6) is 0.470. The molecular weight excluding hydrogens is 226 g/mol. The molecule has 68 valence electrons. The minimum absolute atomic E-state index is 0.470. The van der Waals surface area contributed by atoms with Gasteiger partial charge in [0.05, 0.1) is 6.07 Å². The number of rotatable bonds is 3. The van der Waals surface area contributed by atoms with Crippen molar-refractivity contribution in [2.45, 2.75) is 25.7 Å². The Labute approximate surface area is 87.5 Å². The normalized spacial score (nSPS) is 12.1. The van der Waals surface area contributed by atoms with Gasteiger partial charge in [-0.15, -0.1) is 0 Å². The lowest BCUT2D eigenvalue weighted by atomic mass is 9.97. The summed E-state index contributed by atoms with van der Waals surface area (Å²) in [4.78, 5) is 0. The molecule has 1 aromatic carbocycles. The van der Waals surface area contributed by atoms with Crippen molar-refractivity contribution in [3.05, 3.63) is 34.3 Å². The van der Waals surface area contributed by atoms with Crippen LogP contribution in [0.4, 0.5) is 0 Å². The fraction of sp³-hybridized carbons (Fsp3) is 0.364. The van der Waals surface area contributed by atoms with Crippen LogP contribution in [0, 0.1) is 11.3 Å². The lowest BCUT2D eigenvalue weighted by Gasteiger charge is -2.09. The maximum atomic E-state index is 8.46. The predicted molar refractivity (Wildman–Crippen MR) is 57.4 cm³/mol. The van der Waals surface area contributed by atoms with E-state index in [1.54, 1.807) is 0 Å². The molecule has 0 radical (unpaired) electrons. The predicted octanol–water partition coefficient (Wildman–Crippen LogP) is 3.86. The molecule has 0 fully saturated rings. The molecule has 0 N–H and O–H groups in total. The quantitative estimate of drug-likeness (QED) is 0.784. The van der Waals surface area contributed by atoms with Gasteiger partial charge in [-0.1, -0.05) is 35.0 Å². The highest BCUT2D eigenvalue weighted by Gasteiger charge is 2.04. The van der Waals surface area contributed by atoms with Crippen molar-refractivity contribution in [3.8, 4) is 6.07 Å². The van der Waals surface area contributed by atoms with Gasteiger partial charge in [0, 0.05) is 10.9 Å².